The zero-order valence-electron chi connectivity index (χ0n) is 12.6. The van der Waals surface area contributed by atoms with E-state index in [2.05, 4.69) is 10.6 Å². The molecule has 128 valence electrons. The van der Waals surface area contributed by atoms with Gasteiger partial charge in [0.25, 0.3) is 0 Å². The standard InChI is InChI=1S/C16H14ClF3N2O2/c1-24-12-4-2-3-10(7-12)9-21-15(23)22-11-5-6-14(17)13(8-11)16(18,19)20/h2-8H,9H2,1H3,(H2,21,22,23). The minimum atomic E-state index is -4.59. The fraction of sp³-hybridized carbons (Fsp3) is 0.188. The van der Waals surface area contributed by atoms with Gasteiger partial charge in [0.1, 0.15) is 5.75 Å². The number of benzene rings is 2. The summed E-state index contributed by atoms with van der Waals surface area (Å²) >= 11 is 5.53. The number of hydrogen-bond acceptors (Lipinski definition) is 2. The van der Waals surface area contributed by atoms with Crippen molar-refractivity contribution in [3.8, 4) is 5.75 Å². The average Bonchev–Trinajstić information content (AvgIpc) is 2.54. The van der Waals surface area contributed by atoms with E-state index in [1.54, 1.807) is 24.3 Å². The Hall–Kier alpha value is -2.41. The number of carbonyl (C=O) groups excluding carboxylic acids is 1. The van der Waals surface area contributed by atoms with Gasteiger partial charge in [0.15, 0.2) is 0 Å². The number of ether oxygens (including phenoxy) is 1. The van der Waals surface area contributed by atoms with E-state index in [1.165, 1.54) is 13.2 Å². The molecule has 2 aromatic rings. The molecule has 0 saturated heterocycles. The van der Waals surface area contributed by atoms with Crippen molar-refractivity contribution in [2.24, 2.45) is 0 Å². The van der Waals surface area contributed by atoms with Crippen molar-refractivity contribution in [2.75, 3.05) is 12.4 Å². The van der Waals surface area contributed by atoms with E-state index in [1.807, 2.05) is 0 Å². The van der Waals surface area contributed by atoms with Crippen LogP contribution in [-0.4, -0.2) is 13.1 Å². The van der Waals surface area contributed by atoms with Crippen LogP contribution in [0.5, 0.6) is 5.75 Å². The van der Waals surface area contributed by atoms with Gasteiger partial charge >= 0.3 is 12.2 Å². The number of amides is 2. The number of urea groups is 1. The van der Waals surface area contributed by atoms with Gasteiger partial charge in [0.2, 0.25) is 0 Å². The van der Waals surface area contributed by atoms with Crippen LogP contribution in [0.3, 0.4) is 0 Å². The van der Waals surface area contributed by atoms with Crippen LogP contribution in [0, 0.1) is 0 Å². The Balaban J connectivity index is 1.99. The summed E-state index contributed by atoms with van der Waals surface area (Å²) in [6.07, 6.45) is -4.59. The number of alkyl halides is 3. The maximum absolute atomic E-state index is 12.8. The molecule has 0 bridgehead atoms. The molecular weight excluding hydrogens is 345 g/mol. The Kier molecular flexibility index (Phi) is 5.56. The van der Waals surface area contributed by atoms with Crippen molar-refractivity contribution in [2.45, 2.75) is 12.7 Å². The van der Waals surface area contributed by atoms with E-state index in [9.17, 15) is 18.0 Å². The van der Waals surface area contributed by atoms with Crippen molar-refractivity contribution in [3.63, 3.8) is 0 Å². The Labute approximate surface area is 141 Å². The molecule has 24 heavy (non-hydrogen) atoms. The lowest BCUT2D eigenvalue weighted by Gasteiger charge is -2.12. The molecule has 2 N–H and O–H groups in total. The number of rotatable bonds is 4. The number of methoxy groups -OCH3 is 1. The van der Waals surface area contributed by atoms with Crippen LogP contribution in [0.15, 0.2) is 42.5 Å². The van der Waals surface area contributed by atoms with Crippen LogP contribution in [0.2, 0.25) is 5.02 Å². The van der Waals surface area contributed by atoms with Crippen molar-refractivity contribution >= 4 is 23.3 Å². The Bertz CT molecular complexity index is 736. The lowest BCUT2D eigenvalue weighted by atomic mass is 10.2. The third-order valence-corrected chi connectivity index (χ3v) is 3.45. The summed E-state index contributed by atoms with van der Waals surface area (Å²) < 4.78 is 43.4. The third-order valence-electron chi connectivity index (χ3n) is 3.12. The maximum atomic E-state index is 12.8. The highest BCUT2D eigenvalue weighted by Crippen LogP contribution is 2.36. The Morgan fingerprint density at radius 3 is 2.62 bits per heavy atom. The maximum Gasteiger partial charge on any atom is 0.417 e. The van der Waals surface area contributed by atoms with Crippen molar-refractivity contribution in [1.29, 1.82) is 0 Å². The fourth-order valence-electron chi connectivity index (χ4n) is 1.96. The van der Waals surface area contributed by atoms with Crippen LogP contribution in [-0.2, 0) is 12.7 Å². The fourth-order valence-corrected chi connectivity index (χ4v) is 2.19. The van der Waals surface area contributed by atoms with E-state index in [0.29, 0.717) is 5.75 Å². The van der Waals surface area contributed by atoms with Crippen molar-refractivity contribution in [3.05, 3.63) is 58.6 Å². The molecule has 2 aromatic carbocycles. The Morgan fingerprint density at radius 2 is 1.96 bits per heavy atom. The average molecular weight is 359 g/mol. The summed E-state index contributed by atoms with van der Waals surface area (Å²) in [5.74, 6) is 0.641. The lowest BCUT2D eigenvalue weighted by Crippen LogP contribution is -2.28. The molecule has 0 radical (unpaired) electrons. The van der Waals surface area contributed by atoms with Crippen LogP contribution in [0.4, 0.5) is 23.7 Å². The minimum absolute atomic E-state index is 0.00475. The molecule has 2 rings (SSSR count). The summed E-state index contributed by atoms with van der Waals surface area (Å²) in [4.78, 5) is 11.8. The van der Waals surface area contributed by atoms with Gasteiger partial charge in [0, 0.05) is 12.2 Å². The molecule has 0 unspecified atom stereocenters. The first-order chi connectivity index (χ1) is 11.3. The minimum Gasteiger partial charge on any atom is -0.497 e. The molecular formula is C16H14ClF3N2O2. The molecule has 0 aliphatic rings. The first kappa shape index (κ1) is 17.9. The van der Waals surface area contributed by atoms with Crippen LogP contribution in [0.1, 0.15) is 11.1 Å². The predicted molar refractivity (Wildman–Crippen MR) is 85.3 cm³/mol. The van der Waals surface area contributed by atoms with Gasteiger partial charge in [-0.05, 0) is 35.9 Å². The number of anilines is 1. The van der Waals surface area contributed by atoms with Crippen LogP contribution in [0.25, 0.3) is 0 Å². The summed E-state index contributed by atoms with van der Waals surface area (Å²) in [5.41, 5.74) is -0.221. The SMILES string of the molecule is COc1cccc(CNC(=O)Nc2ccc(Cl)c(C(F)(F)F)c2)c1. The molecule has 4 nitrogen and oxygen atoms in total. The largest absolute Gasteiger partial charge is 0.497 e. The van der Waals surface area contributed by atoms with E-state index in [0.717, 1.165) is 17.7 Å². The van der Waals surface area contributed by atoms with Crippen LogP contribution >= 0.6 is 11.6 Å². The molecule has 0 aliphatic heterocycles. The lowest BCUT2D eigenvalue weighted by molar-refractivity contribution is -0.137. The van der Waals surface area contributed by atoms with Gasteiger partial charge in [-0.15, -0.1) is 0 Å². The number of nitrogens with one attached hydrogen (secondary N) is 2. The second-order valence-electron chi connectivity index (χ2n) is 4.85. The molecule has 2 amide bonds. The molecule has 0 spiro atoms. The van der Waals surface area contributed by atoms with Gasteiger partial charge in [-0.3, -0.25) is 0 Å². The first-order valence-corrected chi connectivity index (χ1v) is 7.22. The van der Waals surface area contributed by atoms with E-state index >= 15 is 0 Å². The number of hydrogen-bond donors (Lipinski definition) is 2. The molecule has 8 heteroatoms. The monoisotopic (exact) mass is 358 g/mol. The molecule has 0 heterocycles. The third kappa shape index (κ3) is 4.79. The highest BCUT2D eigenvalue weighted by atomic mass is 35.5. The normalized spacial score (nSPS) is 11.0. The van der Waals surface area contributed by atoms with E-state index in [4.69, 9.17) is 16.3 Å². The van der Waals surface area contributed by atoms with Crippen LogP contribution < -0.4 is 15.4 Å². The molecule has 0 atom stereocenters. The molecule has 0 saturated carbocycles. The number of carbonyl (C=O) groups is 1. The predicted octanol–water partition coefficient (Wildman–Crippen LogP) is 4.69. The topological polar surface area (TPSA) is 50.4 Å². The zero-order chi connectivity index (χ0) is 17.7. The highest BCUT2D eigenvalue weighted by molar-refractivity contribution is 6.31. The van der Waals surface area contributed by atoms with Gasteiger partial charge in [-0.25, -0.2) is 4.79 Å². The van der Waals surface area contributed by atoms with Gasteiger partial charge in [-0.2, -0.15) is 13.2 Å². The molecule has 0 aliphatic carbocycles. The smallest absolute Gasteiger partial charge is 0.417 e. The van der Waals surface area contributed by atoms with Gasteiger partial charge in [-0.1, -0.05) is 23.7 Å². The van der Waals surface area contributed by atoms with Crippen molar-refractivity contribution in [1.82, 2.24) is 5.32 Å². The second-order valence-corrected chi connectivity index (χ2v) is 5.26. The quantitative estimate of drug-likeness (QED) is 0.833. The summed E-state index contributed by atoms with van der Waals surface area (Å²) in [5, 5.41) is 4.47. The second kappa shape index (κ2) is 7.44. The molecule has 0 fully saturated rings. The number of halogens is 4. The van der Waals surface area contributed by atoms with E-state index in [-0.39, 0.29) is 12.2 Å². The van der Waals surface area contributed by atoms with Gasteiger partial charge < -0.3 is 15.4 Å². The van der Waals surface area contributed by atoms with Crippen molar-refractivity contribution < 1.29 is 22.7 Å². The molecule has 0 aromatic heterocycles. The summed E-state index contributed by atoms with van der Waals surface area (Å²) in [7, 11) is 1.53. The highest BCUT2D eigenvalue weighted by Gasteiger charge is 2.33. The zero-order valence-corrected chi connectivity index (χ0v) is 13.3. The summed E-state index contributed by atoms with van der Waals surface area (Å²) in [6.45, 7) is 0.197. The van der Waals surface area contributed by atoms with Gasteiger partial charge in [0.05, 0.1) is 17.7 Å². The first-order valence-electron chi connectivity index (χ1n) is 6.84. The summed E-state index contributed by atoms with van der Waals surface area (Å²) in [6, 6.07) is 9.58. The van der Waals surface area contributed by atoms with E-state index < -0.39 is 22.8 Å². The Morgan fingerprint density at radius 1 is 1.21 bits per heavy atom.